The zero-order valence-corrected chi connectivity index (χ0v) is 16.1. The van der Waals surface area contributed by atoms with E-state index in [1.165, 1.54) is 0 Å². The highest BCUT2D eigenvalue weighted by atomic mass is 15.1. The van der Waals surface area contributed by atoms with Gasteiger partial charge in [-0.05, 0) is 47.5 Å². The van der Waals surface area contributed by atoms with E-state index in [-0.39, 0.29) is 0 Å². The number of hydrogen-bond acceptors (Lipinski definition) is 2. The average molecular weight is 378 g/mol. The van der Waals surface area contributed by atoms with Crippen molar-refractivity contribution in [3.05, 3.63) is 114 Å². The topological polar surface area (TPSA) is 55.9 Å². The molecule has 4 rings (SSSR count). The van der Waals surface area contributed by atoms with Crippen LogP contribution in [0.15, 0.2) is 109 Å². The van der Waals surface area contributed by atoms with Crippen LogP contribution in [0.1, 0.15) is 0 Å². The van der Waals surface area contributed by atoms with E-state index in [4.69, 9.17) is 5.53 Å². The highest BCUT2D eigenvalue weighted by molar-refractivity contribution is 5.80. The molecule has 0 fully saturated rings. The number of rotatable bonds is 5. The van der Waals surface area contributed by atoms with Crippen LogP contribution in [0.5, 0.6) is 0 Å². The van der Waals surface area contributed by atoms with E-state index in [1.807, 2.05) is 66.5 Å². The van der Waals surface area contributed by atoms with Gasteiger partial charge < -0.3 is 4.90 Å². The fraction of sp³-hybridized carbons (Fsp3) is 0.0417. The van der Waals surface area contributed by atoms with Gasteiger partial charge in [-0.1, -0.05) is 53.6 Å². The molecule has 0 unspecified atom stereocenters. The van der Waals surface area contributed by atoms with Crippen LogP contribution >= 0.6 is 0 Å². The van der Waals surface area contributed by atoms with Gasteiger partial charge in [0, 0.05) is 33.6 Å². The molecular formula is C24H20N5+. The molecule has 4 aromatic rings. The van der Waals surface area contributed by atoms with Crippen molar-refractivity contribution < 1.29 is 4.57 Å². The molecule has 5 nitrogen and oxygen atoms in total. The van der Waals surface area contributed by atoms with Crippen molar-refractivity contribution in [1.29, 1.82) is 0 Å². The van der Waals surface area contributed by atoms with Gasteiger partial charge in [0.05, 0.1) is 0 Å². The van der Waals surface area contributed by atoms with E-state index in [0.29, 0.717) is 5.69 Å². The Bertz CT molecular complexity index is 1110. The number of hydrogen-bond donors (Lipinski definition) is 0. The largest absolute Gasteiger partial charge is 0.311 e. The summed E-state index contributed by atoms with van der Waals surface area (Å²) in [6.07, 6.45) is 3.77. The smallest absolute Gasteiger partial charge is 0.178 e. The van der Waals surface area contributed by atoms with Crippen LogP contribution in [-0.2, 0) is 7.05 Å². The lowest BCUT2D eigenvalue weighted by Crippen LogP contribution is -2.25. The maximum absolute atomic E-state index is 8.89. The molecule has 0 radical (unpaired) electrons. The molecule has 29 heavy (non-hydrogen) atoms. The van der Waals surface area contributed by atoms with Crippen LogP contribution < -0.4 is 9.47 Å². The zero-order valence-electron chi connectivity index (χ0n) is 16.1. The van der Waals surface area contributed by atoms with Crippen LogP contribution in [0.25, 0.3) is 21.6 Å². The molecule has 0 atom stereocenters. The summed E-state index contributed by atoms with van der Waals surface area (Å²) in [5.41, 5.74) is 14.6. The molecule has 140 valence electrons. The molecule has 0 aliphatic rings. The van der Waals surface area contributed by atoms with Gasteiger partial charge in [-0.3, -0.25) is 0 Å². The Hall–Kier alpha value is -4.08. The van der Waals surface area contributed by atoms with Crippen molar-refractivity contribution in [3.63, 3.8) is 0 Å². The fourth-order valence-electron chi connectivity index (χ4n) is 3.35. The van der Waals surface area contributed by atoms with E-state index in [9.17, 15) is 0 Å². The van der Waals surface area contributed by atoms with Gasteiger partial charge in [0.2, 0.25) is 0 Å². The third-order valence-corrected chi connectivity index (χ3v) is 4.70. The summed E-state index contributed by atoms with van der Waals surface area (Å²) in [4.78, 5) is 5.17. The van der Waals surface area contributed by atoms with E-state index in [2.05, 4.69) is 63.5 Å². The van der Waals surface area contributed by atoms with Crippen LogP contribution in [0, 0.1) is 0 Å². The lowest BCUT2D eigenvalue weighted by atomic mass is 10.0. The van der Waals surface area contributed by atoms with Crippen LogP contribution in [0.4, 0.5) is 22.7 Å². The van der Waals surface area contributed by atoms with Crippen molar-refractivity contribution >= 4 is 22.7 Å². The minimum atomic E-state index is 0.605. The van der Waals surface area contributed by atoms with Crippen molar-refractivity contribution in [1.82, 2.24) is 0 Å². The first kappa shape index (κ1) is 18.3. The number of benzene rings is 3. The van der Waals surface area contributed by atoms with Crippen LogP contribution in [0.3, 0.4) is 0 Å². The Morgan fingerprint density at radius 3 is 1.86 bits per heavy atom. The number of pyridine rings is 1. The molecule has 1 aromatic heterocycles. The van der Waals surface area contributed by atoms with Gasteiger partial charge in [-0.15, -0.1) is 0 Å². The molecule has 3 aromatic carbocycles. The van der Waals surface area contributed by atoms with E-state index >= 15 is 0 Å². The first-order chi connectivity index (χ1) is 14.3. The highest BCUT2D eigenvalue weighted by Crippen LogP contribution is 2.36. The molecule has 0 saturated heterocycles. The van der Waals surface area contributed by atoms with Gasteiger partial charge in [0.15, 0.2) is 12.4 Å². The Labute approximate surface area is 169 Å². The van der Waals surface area contributed by atoms with Gasteiger partial charge >= 0.3 is 0 Å². The predicted octanol–water partition coefficient (Wildman–Crippen LogP) is 6.59. The van der Waals surface area contributed by atoms with Gasteiger partial charge in [-0.2, -0.15) is 0 Å². The van der Waals surface area contributed by atoms with E-state index in [0.717, 1.165) is 28.2 Å². The van der Waals surface area contributed by atoms with Crippen LogP contribution in [0.2, 0.25) is 0 Å². The quantitative estimate of drug-likeness (QED) is 0.167. The number of nitrogens with zero attached hydrogens (tertiary/aromatic N) is 5. The highest BCUT2D eigenvalue weighted by Gasteiger charge is 2.13. The summed E-state index contributed by atoms with van der Waals surface area (Å²) in [6.45, 7) is 0. The van der Waals surface area contributed by atoms with E-state index < -0.39 is 0 Å². The first-order valence-electron chi connectivity index (χ1n) is 9.31. The second kappa shape index (κ2) is 8.30. The van der Waals surface area contributed by atoms with Gasteiger partial charge in [-0.25, -0.2) is 4.57 Å². The number of anilines is 3. The molecule has 0 saturated carbocycles. The molecule has 0 aliphatic heterocycles. The summed E-state index contributed by atoms with van der Waals surface area (Å²) in [7, 11) is 1.90. The number of para-hydroxylation sites is 2. The SMILES string of the molecule is C[n+]1ccc(-c2ccc(N(c3ccccc3)c3ccccc3)cc2)c(N=[N+]=[N-])c1. The van der Waals surface area contributed by atoms with Crippen molar-refractivity contribution in [2.45, 2.75) is 0 Å². The third-order valence-electron chi connectivity index (χ3n) is 4.70. The van der Waals surface area contributed by atoms with Crippen LogP contribution in [-0.4, -0.2) is 0 Å². The summed E-state index contributed by atoms with van der Waals surface area (Å²) in [5.74, 6) is 0. The summed E-state index contributed by atoms with van der Waals surface area (Å²) >= 11 is 0. The number of aromatic nitrogens is 1. The minimum Gasteiger partial charge on any atom is -0.311 e. The summed E-state index contributed by atoms with van der Waals surface area (Å²) in [5, 5.41) is 3.85. The third kappa shape index (κ3) is 3.95. The second-order valence-corrected chi connectivity index (χ2v) is 6.65. The molecule has 0 N–H and O–H groups in total. The Kier molecular flexibility index (Phi) is 5.23. The second-order valence-electron chi connectivity index (χ2n) is 6.65. The molecule has 0 spiro atoms. The Morgan fingerprint density at radius 1 is 0.759 bits per heavy atom. The lowest BCUT2D eigenvalue weighted by molar-refractivity contribution is -0.670. The maximum Gasteiger partial charge on any atom is 0.178 e. The Morgan fingerprint density at radius 2 is 1.31 bits per heavy atom. The summed E-state index contributed by atoms with van der Waals surface area (Å²) in [6, 6.07) is 30.8. The van der Waals surface area contributed by atoms with Crippen molar-refractivity contribution in [2.75, 3.05) is 4.90 Å². The number of aryl methyl sites for hydroxylation is 1. The fourth-order valence-corrected chi connectivity index (χ4v) is 3.35. The number of azide groups is 1. The summed E-state index contributed by atoms with van der Waals surface area (Å²) < 4.78 is 1.87. The van der Waals surface area contributed by atoms with Gasteiger partial charge in [0.1, 0.15) is 12.7 Å². The molecule has 5 heteroatoms. The molecule has 0 bridgehead atoms. The Balaban J connectivity index is 1.77. The standard InChI is InChI=1S/C24H20N5/c1-28-17-16-23(24(18-28)26-27-25)19-12-14-22(15-13-19)29(20-8-4-2-5-9-20)21-10-6-3-7-11-21/h2-18H,1H3/q+1. The van der Waals surface area contributed by atoms with Crippen molar-refractivity contribution in [3.8, 4) is 11.1 Å². The van der Waals surface area contributed by atoms with Crippen molar-refractivity contribution in [2.24, 2.45) is 12.2 Å². The van der Waals surface area contributed by atoms with Gasteiger partial charge in [0.25, 0.3) is 0 Å². The predicted molar refractivity (Wildman–Crippen MR) is 117 cm³/mol. The molecule has 0 aliphatic carbocycles. The molecule has 0 amide bonds. The first-order valence-corrected chi connectivity index (χ1v) is 9.31. The zero-order chi connectivity index (χ0) is 20.1. The minimum absolute atomic E-state index is 0.605. The molecule has 1 heterocycles. The van der Waals surface area contributed by atoms with E-state index in [1.54, 1.807) is 0 Å². The monoisotopic (exact) mass is 378 g/mol. The average Bonchev–Trinajstić information content (AvgIpc) is 2.77. The normalized spacial score (nSPS) is 10.2. The molecular weight excluding hydrogens is 358 g/mol. The maximum atomic E-state index is 8.89. The lowest BCUT2D eigenvalue weighted by Gasteiger charge is -2.25.